The van der Waals surface area contributed by atoms with Gasteiger partial charge in [-0.2, -0.15) is 0 Å². The molecule has 1 aromatic heterocycles. The zero-order valence-electron chi connectivity index (χ0n) is 13.3. The summed E-state index contributed by atoms with van der Waals surface area (Å²) in [6, 6.07) is 10.9. The lowest BCUT2D eigenvalue weighted by molar-refractivity contribution is 0.0865. The first-order valence-corrected chi connectivity index (χ1v) is 7.66. The lowest BCUT2D eigenvalue weighted by atomic mass is 10.0. The Bertz CT molecular complexity index is 695. The Hall–Kier alpha value is -2.96. The number of amides is 2. The second-order valence-electron chi connectivity index (χ2n) is 5.34. The number of benzene rings is 1. The van der Waals surface area contributed by atoms with Crippen molar-refractivity contribution < 1.29 is 18.8 Å². The number of oxime groups is 1. The second kappa shape index (κ2) is 7.54. The third-order valence-electron chi connectivity index (χ3n) is 3.65. The molecule has 0 aliphatic carbocycles. The van der Waals surface area contributed by atoms with Crippen molar-refractivity contribution in [2.45, 2.75) is 19.1 Å². The number of nitrogens with zero attached hydrogens (tertiary/aromatic N) is 1. The summed E-state index contributed by atoms with van der Waals surface area (Å²) in [6.07, 6.45) is 2.04. The minimum atomic E-state index is -0.270. The Balaban J connectivity index is 1.41. The highest BCUT2D eigenvalue weighted by molar-refractivity contribution is 6.01. The van der Waals surface area contributed by atoms with Gasteiger partial charge in [0.1, 0.15) is 11.5 Å². The number of methoxy groups -OCH3 is 1. The summed E-state index contributed by atoms with van der Waals surface area (Å²) in [5.41, 5.74) is 1.85. The summed E-state index contributed by atoms with van der Waals surface area (Å²) >= 11 is 0. The van der Waals surface area contributed by atoms with Gasteiger partial charge in [0.15, 0.2) is 6.10 Å². The maximum absolute atomic E-state index is 11.7. The highest BCUT2D eigenvalue weighted by Crippen LogP contribution is 2.18. The topological polar surface area (TPSA) is 85.1 Å². The third kappa shape index (κ3) is 4.07. The van der Waals surface area contributed by atoms with Crippen molar-refractivity contribution in [2.75, 3.05) is 13.7 Å². The first-order valence-electron chi connectivity index (χ1n) is 7.66. The van der Waals surface area contributed by atoms with Gasteiger partial charge in [-0.25, -0.2) is 4.79 Å². The number of hydrogen-bond donors (Lipinski definition) is 2. The van der Waals surface area contributed by atoms with Gasteiger partial charge in [-0.15, -0.1) is 0 Å². The molecule has 1 atom stereocenters. The van der Waals surface area contributed by atoms with Crippen LogP contribution in [0.5, 0.6) is 5.75 Å². The molecule has 1 aliphatic heterocycles. The lowest BCUT2D eigenvalue weighted by Gasteiger charge is -2.10. The molecule has 0 saturated carbocycles. The number of carbonyl (C=O) groups excluding carboxylic acids is 1. The molecule has 2 heterocycles. The summed E-state index contributed by atoms with van der Waals surface area (Å²) in [4.78, 5) is 17.1. The number of ether oxygens (including phenoxy) is 1. The maximum Gasteiger partial charge on any atom is 0.315 e. The Kier molecular flexibility index (Phi) is 5.00. The molecule has 0 bridgehead atoms. The normalized spacial score (nSPS) is 16.2. The molecule has 2 aromatic rings. The molecule has 1 aliphatic rings. The van der Waals surface area contributed by atoms with Crippen LogP contribution in [0, 0.1) is 0 Å². The first-order chi connectivity index (χ1) is 11.7. The highest BCUT2D eigenvalue weighted by Gasteiger charge is 2.22. The number of carbonyl (C=O) groups is 1. The van der Waals surface area contributed by atoms with E-state index in [9.17, 15) is 4.79 Å². The van der Waals surface area contributed by atoms with Crippen molar-refractivity contribution in [1.29, 1.82) is 0 Å². The Labute approximate surface area is 139 Å². The Morgan fingerprint density at radius 2 is 2.12 bits per heavy atom. The fraction of sp³-hybridized carbons (Fsp3) is 0.294. The largest absolute Gasteiger partial charge is 0.497 e. The van der Waals surface area contributed by atoms with Crippen molar-refractivity contribution >= 4 is 11.7 Å². The molecule has 3 rings (SSSR count). The number of rotatable bonds is 6. The van der Waals surface area contributed by atoms with Gasteiger partial charge in [0.2, 0.25) is 0 Å². The summed E-state index contributed by atoms with van der Waals surface area (Å²) in [7, 11) is 1.63. The molecule has 0 radical (unpaired) electrons. The van der Waals surface area contributed by atoms with Crippen LogP contribution >= 0.6 is 0 Å². The SMILES string of the molecule is COc1ccc(C2=NO[C@H](CNC(=O)NCc3ccco3)C2)cc1. The van der Waals surface area contributed by atoms with E-state index in [4.69, 9.17) is 14.0 Å². The summed E-state index contributed by atoms with van der Waals surface area (Å²) in [5.74, 6) is 1.50. The summed E-state index contributed by atoms with van der Waals surface area (Å²) in [6.45, 7) is 0.727. The minimum absolute atomic E-state index is 0.170. The van der Waals surface area contributed by atoms with Crippen LogP contribution in [0.15, 0.2) is 52.2 Å². The molecule has 24 heavy (non-hydrogen) atoms. The third-order valence-corrected chi connectivity index (χ3v) is 3.65. The van der Waals surface area contributed by atoms with E-state index in [1.54, 1.807) is 25.5 Å². The molecular formula is C17H19N3O4. The molecule has 1 aromatic carbocycles. The summed E-state index contributed by atoms with van der Waals surface area (Å²) in [5, 5.41) is 9.58. The standard InChI is InChI=1S/C17H19N3O4/c1-22-13-6-4-12(5-7-13)16-9-15(24-20-16)11-19-17(21)18-10-14-3-2-8-23-14/h2-8,15H,9-11H2,1H3,(H2,18,19,21)/t15-/m0/s1. The van der Waals surface area contributed by atoms with E-state index < -0.39 is 0 Å². The van der Waals surface area contributed by atoms with Crippen LogP contribution in [0.1, 0.15) is 17.7 Å². The zero-order chi connectivity index (χ0) is 16.8. The van der Waals surface area contributed by atoms with Crippen LogP contribution in [-0.4, -0.2) is 31.5 Å². The van der Waals surface area contributed by atoms with Crippen molar-refractivity contribution in [3.63, 3.8) is 0 Å². The smallest absolute Gasteiger partial charge is 0.315 e. The molecule has 126 valence electrons. The van der Waals surface area contributed by atoms with Crippen LogP contribution < -0.4 is 15.4 Å². The van der Waals surface area contributed by atoms with E-state index in [2.05, 4.69) is 15.8 Å². The highest BCUT2D eigenvalue weighted by atomic mass is 16.6. The number of hydrogen-bond acceptors (Lipinski definition) is 5. The van der Waals surface area contributed by atoms with Crippen molar-refractivity contribution in [1.82, 2.24) is 10.6 Å². The number of urea groups is 1. The molecule has 7 nitrogen and oxygen atoms in total. The van der Waals surface area contributed by atoms with E-state index in [-0.39, 0.29) is 12.1 Å². The molecule has 2 N–H and O–H groups in total. The van der Waals surface area contributed by atoms with Gasteiger partial charge in [0, 0.05) is 6.42 Å². The Morgan fingerprint density at radius 1 is 1.29 bits per heavy atom. The molecule has 0 fully saturated rings. The first kappa shape index (κ1) is 15.9. The van der Waals surface area contributed by atoms with Crippen LogP contribution in [0.25, 0.3) is 0 Å². The second-order valence-corrected chi connectivity index (χ2v) is 5.34. The van der Waals surface area contributed by atoms with E-state index in [0.717, 1.165) is 17.0 Å². The van der Waals surface area contributed by atoms with Gasteiger partial charge in [-0.05, 0) is 42.0 Å². The minimum Gasteiger partial charge on any atom is -0.497 e. The maximum atomic E-state index is 11.7. The van der Waals surface area contributed by atoms with Crippen molar-refractivity contribution in [3.05, 3.63) is 54.0 Å². The summed E-state index contributed by atoms with van der Waals surface area (Å²) < 4.78 is 10.3. The predicted molar refractivity (Wildman–Crippen MR) is 88.0 cm³/mol. The molecule has 2 amide bonds. The van der Waals surface area contributed by atoms with E-state index in [0.29, 0.717) is 25.3 Å². The van der Waals surface area contributed by atoms with E-state index in [1.807, 2.05) is 24.3 Å². The molecule has 0 saturated heterocycles. The number of nitrogens with one attached hydrogen (secondary N) is 2. The zero-order valence-corrected chi connectivity index (χ0v) is 13.3. The van der Waals surface area contributed by atoms with E-state index in [1.165, 1.54) is 0 Å². The molecule has 0 spiro atoms. The predicted octanol–water partition coefficient (Wildman–Crippen LogP) is 2.28. The molecule has 7 heteroatoms. The fourth-order valence-electron chi connectivity index (χ4n) is 2.34. The monoisotopic (exact) mass is 329 g/mol. The quantitative estimate of drug-likeness (QED) is 0.851. The molecular weight excluding hydrogens is 310 g/mol. The average molecular weight is 329 g/mol. The molecule has 0 unspecified atom stereocenters. The lowest BCUT2D eigenvalue weighted by Crippen LogP contribution is -2.39. The van der Waals surface area contributed by atoms with Crippen LogP contribution in [0.3, 0.4) is 0 Å². The van der Waals surface area contributed by atoms with E-state index >= 15 is 0 Å². The van der Waals surface area contributed by atoms with Crippen LogP contribution in [0.4, 0.5) is 4.79 Å². The van der Waals surface area contributed by atoms with Gasteiger partial charge in [-0.3, -0.25) is 0 Å². The van der Waals surface area contributed by atoms with Crippen molar-refractivity contribution in [2.24, 2.45) is 5.16 Å². The van der Waals surface area contributed by atoms with Crippen LogP contribution in [-0.2, 0) is 11.4 Å². The van der Waals surface area contributed by atoms with Gasteiger partial charge in [0.25, 0.3) is 0 Å². The fourth-order valence-corrected chi connectivity index (χ4v) is 2.34. The average Bonchev–Trinajstić information content (AvgIpc) is 3.30. The number of furan rings is 1. The van der Waals surface area contributed by atoms with Crippen LogP contribution in [0.2, 0.25) is 0 Å². The van der Waals surface area contributed by atoms with Gasteiger partial charge in [0.05, 0.1) is 32.2 Å². The Morgan fingerprint density at radius 3 is 2.83 bits per heavy atom. The van der Waals surface area contributed by atoms with Gasteiger partial charge in [-0.1, -0.05) is 5.16 Å². The van der Waals surface area contributed by atoms with Gasteiger partial charge >= 0.3 is 6.03 Å². The van der Waals surface area contributed by atoms with Crippen molar-refractivity contribution in [3.8, 4) is 5.75 Å². The van der Waals surface area contributed by atoms with Gasteiger partial charge < -0.3 is 24.6 Å².